The van der Waals surface area contributed by atoms with Crippen LogP contribution in [-0.2, 0) is 4.74 Å². The average molecular weight is 336 g/mol. The van der Waals surface area contributed by atoms with Crippen LogP contribution in [0.4, 0.5) is 5.82 Å². The maximum atomic E-state index is 12.7. The third kappa shape index (κ3) is 3.55. The highest BCUT2D eigenvalue weighted by molar-refractivity contribution is 6.04. The monoisotopic (exact) mass is 336 g/mol. The molecule has 2 heterocycles. The van der Waals surface area contributed by atoms with Gasteiger partial charge < -0.3 is 10.1 Å². The van der Waals surface area contributed by atoms with Gasteiger partial charge >= 0.3 is 5.97 Å². The Bertz CT molecular complexity index is 919. The number of rotatable bonds is 4. The number of anilines is 1. The number of carbonyl (C=O) groups excluding carboxylic acids is 2. The zero-order chi connectivity index (χ0) is 17.8. The van der Waals surface area contributed by atoms with Gasteiger partial charge in [0.15, 0.2) is 5.69 Å². The molecule has 25 heavy (non-hydrogen) atoms. The van der Waals surface area contributed by atoms with Gasteiger partial charge in [-0.25, -0.2) is 14.5 Å². The number of carbonyl (C=O) groups is 2. The molecule has 3 aromatic rings. The number of aryl methyl sites for hydroxylation is 1. The predicted molar refractivity (Wildman–Crippen MR) is 91.8 cm³/mol. The molecule has 0 bridgehead atoms. The summed E-state index contributed by atoms with van der Waals surface area (Å²) in [6, 6.07) is 14.0. The van der Waals surface area contributed by atoms with Crippen molar-refractivity contribution in [2.24, 2.45) is 0 Å². The summed E-state index contributed by atoms with van der Waals surface area (Å²) in [6.07, 6.45) is 1.61. The first-order chi connectivity index (χ1) is 12.1. The van der Waals surface area contributed by atoms with Crippen molar-refractivity contribution in [1.82, 2.24) is 14.8 Å². The van der Waals surface area contributed by atoms with Crippen LogP contribution in [-0.4, -0.2) is 33.8 Å². The number of amides is 1. The van der Waals surface area contributed by atoms with E-state index in [-0.39, 0.29) is 11.4 Å². The number of esters is 1. The molecule has 0 aliphatic carbocycles. The Balaban J connectivity index is 2.00. The fraction of sp³-hybridized carbons (Fsp3) is 0.111. The second kappa shape index (κ2) is 6.96. The van der Waals surface area contributed by atoms with Crippen molar-refractivity contribution in [3.8, 4) is 5.69 Å². The number of benzene rings is 1. The van der Waals surface area contributed by atoms with Crippen LogP contribution < -0.4 is 5.32 Å². The standard InChI is InChI=1S/C18H16N4O3/c1-12-8-9-19-16(10-12)20-17(23)15-11-14(18(24)25-2)21-22(15)13-6-4-3-5-7-13/h3-11H,1-2H3,(H,19,20,23). The highest BCUT2D eigenvalue weighted by atomic mass is 16.5. The van der Waals surface area contributed by atoms with Crippen LogP contribution in [0.2, 0.25) is 0 Å². The molecule has 0 fully saturated rings. The number of pyridine rings is 1. The van der Waals surface area contributed by atoms with E-state index in [2.05, 4.69) is 15.4 Å². The minimum absolute atomic E-state index is 0.0497. The van der Waals surface area contributed by atoms with E-state index in [1.165, 1.54) is 17.9 Å². The quantitative estimate of drug-likeness (QED) is 0.740. The topological polar surface area (TPSA) is 86.1 Å². The Hall–Kier alpha value is -3.48. The Kier molecular flexibility index (Phi) is 4.56. The van der Waals surface area contributed by atoms with Crippen molar-refractivity contribution < 1.29 is 14.3 Å². The first-order valence-electron chi connectivity index (χ1n) is 7.56. The van der Waals surface area contributed by atoms with Crippen LogP contribution in [0.5, 0.6) is 0 Å². The van der Waals surface area contributed by atoms with E-state index in [0.717, 1.165) is 5.56 Å². The Labute approximate surface area is 144 Å². The molecular formula is C18H16N4O3. The van der Waals surface area contributed by atoms with Gasteiger partial charge in [-0.1, -0.05) is 18.2 Å². The molecule has 3 rings (SSSR count). The lowest BCUT2D eigenvalue weighted by Crippen LogP contribution is -2.17. The van der Waals surface area contributed by atoms with Gasteiger partial charge in [0.1, 0.15) is 11.5 Å². The van der Waals surface area contributed by atoms with Gasteiger partial charge in [-0.2, -0.15) is 5.10 Å². The second-order valence-corrected chi connectivity index (χ2v) is 5.33. The summed E-state index contributed by atoms with van der Waals surface area (Å²) in [5, 5.41) is 6.91. The fourth-order valence-corrected chi connectivity index (χ4v) is 2.30. The summed E-state index contributed by atoms with van der Waals surface area (Å²) >= 11 is 0. The average Bonchev–Trinajstić information content (AvgIpc) is 3.07. The van der Waals surface area contributed by atoms with E-state index >= 15 is 0 Å². The molecule has 0 aliphatic rings. The molecule has 1 N–H and O–H groups in total. The maximum Gasteiger partial charge on any atom is 0.358 e. The molecule has 0 saturated carbocycles. The molecule has 0 atom stereocenters. The molecule has 0 spiro atoms. The Morgan fingerprint density at radius 3 is 2.56 bits per heavy atom. The Morgan fingerprint density at radius 2 is 1.88 bits per heavy atom. The van der Waals surface area contributed by atoms with Gasteiger partial charge in [0.05, 0.1) is 12.8 Å². The molecule has 2 aromatic heterocycles. The first-order valence-corrected chi connectivity index (χ1v) is 7.56. The van der Waals surface area contributed by atoms with Crippen LogP contribution in [0, 0.1) is 6.92 Å². The zero-order valence-electron chi connectivity index (χ0n) is 13.8. The number of hydrogen-bond acceptors (Lipinski definition) is 5. The SMILES string of the molecule is COC(=O)c1cc(C(=O)Nc2cc(C)ccn2)n(-c2ccccc2)n1. The maximum absolute atomic E-state index is 12.7. The van der Waals surface area contributed by atoms with Crippen molar-refractivity contribution in [3.05, 3.63) is 71.7 Å². The summed E-state index contributed by atoms with van der Waals surface area (Å²) in [5.74, 6) is -0.618. The van der Waals surface area contributed by atoms with E-state index in [0.29, 0.717) is 11.5 Å². The highest BCUT2D eigenvalue weighted by Gasteiger charge is 2.21. The molecule has 126 valence electrons. The molecular weight excluding hydrogens is 320 g/mol. The number of nitrogens with one attached hydrogen (secondary N) is 1. The minimum Gasteiger partial charge on any atom is -0.464 e. The molecule has 0 aliphatic heterocycles. The number of methoxy groups -OCH3 is 1. The number of nitrogens with zero attached hydrogens (tertiary/aromatic N) is 3. The molecule has 0 saturated heterocycles. The van der Waals surface area contributed by atoms with Crippen LogP contribution in [0.15, 0.2) is 54.7 Å². The second-order valence-electron chi connectivity index (χ2n) is 5.33. The molecule has 7 heteroatoms. The predicted octanol–water partition coefficient (Wildman–Crippen LogP) is 2.61. The first kappa shape index (κ1) is 16.4. The summed E-state index contributed by atoms with van der Waals surface area (Å²) in [6.45, 7) is 1.90. The van der Waals surface area contributed by atoms with Crippen LogP contribution in [0.1, 0.15) is 26.5 Å². The van der Waals surface area contributed by atoms with Crippen molar-refractivity contribution in [1.29, 1.82) is 0 Å². The lowest BCUT2D eigenvalue weighted by Gasteiger charge is -2.08. The normalized spacial score (nSPS) is 10.3. The van der Waals surface area contributed by atoms with Crippen LogP contribution in [0.3, 0.4) is 0 Å². The van der Waals surface area contributed by atoms with Gasteiger partial charge in [0.25, 0.3) is 5.91 Å². The van der Waals surface area contributed by atoms with Gasteiger partial charge in [0.2, 0.25) is 0 Å². The van der Waals surface area contributed by atoms with Crippen molar-refractivity contribution in [3.63, 3.8) is 0 Å². The largest absolute Gasteiger partial charge is 0.464 e. The lowest BCUT2D eigenvalue weighted by molar-refractivity contribution is 0.0593. The molecule has 1 aromatic carbocycles. The molecule has 0 radical (unpaired) electrons. The van der Waals surface area contributed by atoms with Gasteiger partial charge in [-0.15, -0.1) is 0 Å². The third-order valence-electron chi connectivity index (χ3n) is 3.49. The fourth-order valence-electron chi connectivity index (χ4n) is 2.30. The van der Waals surface area contributed by atoms with Gasteiger partial charge in [-0.3, -0.25) is 4.79 Å². The van der Waals surface area contributed by atoms with Crippen LogP contribution in [0.25, 0.3) is 5.69 Å². The third-order valence-corrected chi connectivity index (χ3v) is 3.49. The number of aromatic nitrogens is 3. The number of para-hydroxylation sites is 1. The lowest BCUT2D eigenvalue weighted by atomic mass is 10.2. The summed E-state index contributed by atoms with van der Waals surface area (Å²) in [7, 11) is 1.26. The highest BCUT2D eigenvalue weighted by Crippen LogP contribution is 2.15. The summed E-state index contributed by atoms with van der Waals surface area (Å²) in [4.78, 5) is 28.6. The van der Waals surface area contributed by atoms with E-state index < -0.39 is 11.9 Å². The Morgan fingerprint density at radius 1 is 1.12 bits per heavy atom. The van der Waals surface area contributed by atoms with Crippen molar-refractivity contribution >= 4 is 17.7 Å². The summed E-state index contributed by atoms with van der Waals surface area (Å²) in [5.41, 5.74) is 1.88. The summed E-state index contributed by atoms with van der Waals surface area (Å²) < 4.78 is 6.10. The van der Waals surface area contributed by atoms with E-state index in [4.69, 9.17) is 4.74 Å². The smallest absolute Gasteiger partial charge is 0.358 e. The zero-order valence-corrected chi connectivity index (χ0v) is 13.8. The molecule has 1 amide bonds. The molecule has 7 nitrogen and oxygen atoms in total. The van der Waals surface area contributed by atoms with Gasteiger partial charge in [0, 0.05) is 12.3 Å². The molecule has 0 unspecified atom stereocenters. The van der Waals surface area contributed by atoms with E-state index in [1.54, 1.807) is 24.4 Å². The van der Waals surface area contributed by atoms with Crippen LogP contribution >= 0.6 is 0 Å². The minimum atomic E-state index is -0.614. The van der Waals surface area contributed by atoms with E-state index in [1.807, 2.05) is 31.2 Å². The number of ether oxygens (including phenoxy) is 1. The van der Waals surface area contributed by atoms with Crippen molar-refractivity contribution in [2.45, 2.75) is 6.92 Å². The van der Waals surface area contributed by atoms with E-state index in [9.17, 15) is 9.59 Å². The van der Waals surface area contributed by atoms with Crippen molar-refractivity contribution in [2.75, 3.05) is 12.4 Å². The number of hydrogen-bond donors (Lipinski definition) is 1. The van der Waals surface area contributed by atoms with Gasteiger partial charge in [-0.05, 0) is 36.8 Å².